The first kappa shape index (κ1) is 13.1. The van der Waals surface area contributed by atoms with E-state index >= 15 is 0 Å². The number of alkyl halides is 2. The highest BCUT2D eigenvalue weighted by Gasteiger charge is 2.18. The van der Waals surface area contributed by atoms with E-state index in [1.165, 1.54) is 0 Å². The molecule has 84 valence electrons. The molecule has 0 aromatic carbocycles. The monoisotopic (exact) mass is 213 g/mol. The van der Waals surface area contributed by atoms with Crippen LogP contribution < -0.4 is 0 Å². The Bertz CT molecular complexity index is 168. The molecule has 0 aromatic heterocycles. The van der Waals surface area contributed by atoms with Crippen molar-refractivity contribution in [2.75, 3.05) is 32.9 Å². The highest BCUT2D eigenvalue weighted by Crippen LogP contribution is 2.00. The molecule has 0 radical (unpaired) electrons. The van der Waals surface area contributed by atoms with Crippen molar-refractivity contribution < 1.29 is 28.5 Å². The number of halogens is 2. The van der Waals surface area contributed by atoms with Crippen molar-refractivity contribution in [3.63, 3.8) is 0 Å². The molecule has 0 rings (SSSR count). The van der Waals surface area contributed by atoms with Gasteiger partial charge in [-0.3, -0.25) is 0 Å². The van der Waals surface area contributed by atoms with Gasteiger partial charge in [0, 0.05) is 6.54 Å². The van der Waals surface area contributed by atoms with Crippen LogP contribution in [0.1, 0.15) is 0 Å². The Labute approximate surface area is 79.9 Å². The SMILES string of the molecule is O=C(OCCO)N(CCO)CC(F)F. The maximum absolute atomic E-state index is 11.9. The zero-order valence-electron chi connectivity index (χ0n) is 7.53. The van der Waals surface area contributed by atoms with E-state index in [1.807, 2.05) is 0 Å². The number of ether oxygens (including phenoxy) is 1. The van der Waals surface area contributed by atoms with E-state index in [-0.39, 0.29) is 19.8 Å². The van der Waals surface area contributed by atoms with Crippen molar-refractivity contribution in [1.82, 2.24) is 4.90 Å². The first-order chi connectivity index (χ1) is 6.61. The molecular weight excluding hydrogens is 200 g/mol. The summed E-state index contributed by atoms with van der Waals surface area (Å²) in [5, 5.41) is 16.8. The van der Waals surface area contributed by atoms with Crippen molar-refractivity contribution in [2.45, 2.75) is 6.43 Å². The molecule has 0 unspecified atom stereocenters. The van der Waals surface area contributed by atoms with Crippen LogP contribution in [0.25, 0.3) is 0 Å². The second kappa shape index (κ2) is 7.45. The van der Waals surface area contributed by atoms with E-state index < -0.39 is 25.7 Å². The lowest BCUT2D eigenvalue weighted by Gasteiger charge is -2.20. The summed E-state index contributed by atoms with van der Waals surface area (Å²) in [6, 6.07) is 0. The minimum Gasteiger partial charge on any atom is -0.447 e. The zero-order valence-corrected chi connectivity index (χ0v) is 7.53. The lowest BCUT2D eigenvalue weighted by atomic mass is 10.5. The Hall–Kier alpha value is -0.950. The molecule has 14 heavy (non-hydrogen) atoms. The van der Waals surface area contributed by atoms with Crippen LogP contribution in [0.2, 0.25) is 0 Å². The molecular formula is C7H13F2NO4. The smallest absolute Gasteiger partial charge is 0.410 e. The molecule has 0 bridgehead atoms. The van der Waals surface area contributed by atoms with Crippen LogP contribution in [-0.2, 0) is 4.74 Å². The maximum Gasteiger partial charge on any atom is 0.410 e. The van der Waals surface area contributed by atoms with Crippen molar-refractivity contribution in [3.8, 4) is 0 Å². The van der Waals surface area contributed by atoms with Crippen LogP contribution in [0.3, 0.4) is 0 Å². The predicted molar refractivity (Wildman–Crippen MR) is 43.1 cm³/mol. The Morgan fingerprint density at radius 2 is 2.00 bits per heavy atom. The third-order valence-electron chi connectivity index (χ3n) is 1.30. The summed E-state index contributed by atoms with van der Waals surface area (Å²) in [4.78, 5) is 11.7. The molecule has 0 aromatic rings. The molecule has 0 fully saturated rings. The number of amides is 1. The van der Waals surface area contributed by atoms with Gasteiger partial charge in [0.05, 0.1) is 19.8 Å². The largest absolute Gasteiger partial charge is 0.447 e. The minimum absolute atomic E-state index is 0.214. The maximum atomic E-state index is 11.9. The van der Waals surface area contributed by atoms with Crippen LogP contribution in [0, 0.1) is 0 Å². The lowest BCUT2D eigenvalue weighted by molar-refractivity contribution is 0.0470. The fourth-order valence-corrected chi connectivity index (χ4v) is 0.769. The molecule has 0 saturated carbocycles. The van der Waals surface area contributed by atoms with Crippen LogP contribution in [0.4, 0.5) is 13.6 Å². The summed E-state index contributed by atoms with van der Waals surface area (Å²) in [6.45, 7) is -2.03. The summed E-state index contributed by atoms with van der Waals surface area (Å²) in [6.07, 6.45) is -3.64. The Morgan fingerprint density at radius 1 is 1.36 bits per heavy atom. The van der Waals surface area contributed by atoms with E-state index in [4.69, 9.17) is 10.2 Å². The minimum atomic E-state index is -2.68. The lowest BCUT2D eigenvalue weighted by Crippen LogP contribution is -2.38. The van der Waals surface area contributed by atoms with E-state index in [0.717, 1.165) is 0 Å². The summed E-state index contributed by atoms with van der Waals surface area (Å²) < 4.78 is 28.2. The average molecular weight is 213 g/mol. The first-order valence-electron chi connectivity index (χ1n) is 4.03. The molecule has 2 N–H and O–H groups in total. The van der Waals surface area contributed by atoms with Gasteiger partial charge in [-0.25, -0.2) is 13.6 Å². The molecule has 0 heterocycles. The Morgan fingerprint density at radius 3 is 2.43 bits per heavy atom. The summed E-state index contributed by atoms with van der Waals surface area (Å²) >= 11 is 0. The van der Waals surface area contributed by atoms with E-state index in [1.54, 1.807) is 0 Å². The summed E-state index contributed by atoms with van der Waals surface area (Å²) in [5.74, 6) is 0. The van der Waals surface area contributed by atoms with Crippen LogP contribution in [-0.4, -0.2) is 60.5 Å². The topological polar surface area (TPSA) is 70.0 Å². The van der Waals surface area contributed by atoms with E-state index in [9.17, 15) is 13.6 Å². The average Bonchev–Trinajstić information content (AvgIpc) is 2.13. The van der Waals surface area contributed by atoms with E-state index in [0.29, 0.717) is 4.90 Å². The van der Waals surface area contributed by atoms with Gasteiger partial charge < -0.3 is 19.8 Å². The molecule has 0 atom stereocenters. The number of aliphatic hydroxyl groups excluding tert-OH is 2. The van der Waals surface area contributed by atoms with Crippen molar-refractivity contribution >= 4 is 6.09 Å². The van der Waals surface area contributed by atoms with Crippen molar-refractivity contribution in [2.24, 2.45) is 0 Å². The quantitative estimate of drug-likeness (QED) is 0.634. The second-order valence-electron chi connectivity index (χ2n) is 2.40. The number of carbonyl (C=O) groups is 1. The van der Waals surface area contributed by atoms with Gasteiger partial charge in [-0.2, -0.15) is 0 Å². The fraction of sp³-hybridized carbons (Fsp3) is 0.857. The normalized spacial score (nSPS) is 10.4. The van der Waals surface area contributed by atoms with Gasteiger partial charge in [0.2, 0.25) is 0 Å². The number of hydrogen-bond donors (Lipinski definition) is 2. The van der Waals surface area contributed by atoms with E-state index in [2.05, 4.69) is 4.74 Å². The van der Waals surface area contributed by atoms with Crippen LogP contribution in [0.5, 0.6) is 0 Å². The molecule has 0 aliphatic rings. The van der Waals surface area contributed by atoms with Gasteiger partial charge in [-0.1, -0.05) is 0 Å². The zero-order chi connectivity index (χ0) is 11.0. The predicted octanol–water partition coefficient (Wildman–Crippen LogP) is -0.325. The van der Waals surface area contributed by atoms with Crippen molar-refractivity contribution in [1.29, 1.82) is 0 Å². The van der Waals surface area contributed by atoms with Gasteiger partial charge in [-0.05, 0) is 0 Å². The molecule has 7 heteroatoms. The van der Waals surface area contributed by atoms with Gasteiger partial charge in [0.15, 0.2) is 0 Å². The number of hydrogen-bond acceptors (Lipinski definition) is 4. The highest BCUT2D eigenvalue weighted by molar-refractivity contribution is 5.67. The van der Waals surface area contributed by atoms with Gasteiger partial charge in [-0.15, -0.1) is 0 Å². The van der Waals surface area contributed by atoms with Gasteiger partial charge in [0.25, 0.3) is 6.43 Å². The van der Waals surface area contributed by atoms with Crippen LogP contribution in [0.15, 0.2) is 0 Å². The second-order valence-corrected chi connectivity index (χ2v) is 2.40. The molecule has 0 spiro atoms. The fourth-order valence-electron chi connectivity index (χ4n) is 0.769. The Kier molecular flexibility index (Phi) is 6.95. The number of nitrogens with zero attached hydrogens (tertiary/aromatic N) is 1. The van der Waals surface area contributed by atoms with Crippen molar-refractivity contribution in [3.05, 3.63) is 0 Å². The molecule has 0 aliphatic heterocycles. The third kappa shape index (κ3) is 5.65. The third-order valence-corrected chi connectivity index (χ3v) is 1.30. The number of aliphatic hydroxyl groups is 2. The van der Waals surface area contributed by atoms with Gasteiger partial charge >= 0.3 is 6.09 Å². The number of rotatable bonds is 6. The molecule has 0 aliphatic carbocycles. The first-order valence-corrected chi connectivity index (χ1v) is 4.03. The molecule has 0 saturated heterocycles. The standard InChI is InChI=1S/C7H13F2NO4/c8-6(9)5-10(1-2-11)7(13)14-4-3-12/h6,11-12H,1-5H2. The molecule has 1 amide bonds. The van der Waals surface area contributed by atoms with Gasteiger partial charge in [0.1, 0.15) is 6.61 Å². The molecule has 5 nitrogen and oxygen atoms in total. The van der Waals surface area contributed by atoms with Crippen LogP contribution >= 0.6 is 0 Å². The highest BCUT2D eigenvalue weighted by atomic mass is 19.3. The Balaban J connectivity index is 3.97. The summed E-state index contributed by atoms with van der Waals surface area (Å²) in [5.41, 5.74) is 0. The summed E-state index contributed by atoms with van der Waals surface area (Å²) in [7, 11) is 0. The number of carbonyl (C=O) groups excluding carboxylic acids is 1.